The minimum absolute atomic E-state index is 0.543. The highest BCUT2D eigenvalue weighted by atomic mass is 15.1. The number of hydrogen-bond donors (Lipinski definition) is 0. The van der Waals surface area contributed by atoms with Crippen LogP contribution in [0.2, 0.25) is 0 Å². The van der Waals surface area contributed by atoms with Crippen LogP contribution >= 0.6 is 0 Å². The van der Waals surface area contributed by atoms with Crippen LogP contribution < -0.4 is 4.90 Å². The average molecular weight is 920 g/mol. The lowest BCUT2D eigenvalue weighted by atomic mass is 9.61. The molecule has 1 unspecified atom stereocenters. The zero-order valence-electron chi connectivity index (χ0n) is 40.3. The van der Waals surface area contributed by atoms with Gasteiger partial charge in [0.1, 0.15) is 0 Å². The monoisotopic (exact) mass is 919 g/mol. The first-order valence-corrected chi connectivity index (χ1v) is 25.9. The van der Waals surface area contributed by atoms with Gasteiger partial charge in [0, 0.05) is 16.9 Å². The summed E-state index contributed by atoms with van der Waals surface area (Å²) in [6.07, 6.45) is 6.67. The Hall–Kier alpha value is -8.52. The maximum absolute atomic E-state index is 2.53. The van der Waals surface area contributed by atoms with Crippen molar-refractivity contribution in [1.29, 1.82) is 0 Å². The van der Waals surface area contributed by atoms with E-state index >= 15 is 0 Å². The van der Waals surface area contributed by atoms with E-state index in [1.807, 2.05) is 0 Å². The van der Waals surface area contributed by atoms with Gasteiger partial charge in [0.15, 0.2) is 0 Å². The third kappa shape index (κ3) is 6.68. The van der Waals surface area contributed by atoms with Crippen LogP contribution in [0.25, 0.3) is 77.5 Å². The van der Waals surface area contributed by atoms with E-state index in [9.17, 15) is 0 Å². The van der Waals surface area contributed by atoms with Crippen molar-refractivity contribution < 1.29 is 0 Å². The standard InChI is InChI=1S/C71H53N/c1-3-19-48(20-4-1)49-37-39-50(40-38-49)51-41-43-54(44-42-51)72(69-36-16-13-31-63(69)59-28-10-9-27-58(59)57-26-8-7-25-56(57)52-21-5-2-6-22-52)55-45-46-62-60-29-11-14-33-65(60)71(68(62)47-55)66-34-15-12-30-61(66)64-32-17-23-53-24-18-35-67(71)70(53)64/h2,5-18,21-48H,1,3-4,19-20H2. The molecule has 0 saturated heterocycles. The summed E-state index contributed by atoms with van der Waals surface area (Å²) < 4.78 is 0. The maximum atomic E-state index is 2.53. The molecule has 0 aliphatic heterocycles. The molecule has 0 amide bonds. The minimum Gasteiger partial charge on any atom is -0.310 e. The van der Waals surface area contributed by atoms with Crippen LogP contribution in [0.15, 0.2) is 255 Å². The molecule has 3 aliphatic rings. The van der Waals surface area contributed by atoms with Crippen LogP contribution in [0.5, 0.6) is 0 Å². The number of para-hydroxylation sites is 1. The molecule has 1 nitrogen and oxygen atoms in total. The summed E-state index contributed by atoms with van der Waals surface area (Å²) in [6.45, 7) is 0. The Labute approximate surface area is 423 Å². The molecule has 0 N–H and O–H groups in total. The fourth-order valence-electron chi connectivity index (χ4n) is 13.1. The quantitative estimate of drug-likeness (QED) is 0.147. The number of benzene rings is 11. The third-order valence-corrected chi connectivity index (χ3v) is 16.3. The molecular formula is C71H53N. The second-order valence-corrected chi connectivity index (χ2v) is 20.1. The van der Waals surface area contributed by atoms with Crippen LogP contribution in [-0.4, -0.2) is 0 Å². The van der Waals surface area contributed by atoms with E-state index < -0.39 is 5.41 Å². The third-order valence-electron chi connectivity index (χ3n) is 16.3. The van der Waals surface area contributed by atoms with E-state index in [0.717, 1.165) is 17.1 Å². The van der Waals surface area contributed by atoms with Crippen LogP contribution in [0.3, 0.4) is 0 Å². The van der Waals surface area contributed by atoms with Crippen molar-refractivity contribution in [3.8, 4) is 66.8 Å². The molecule has 72 heavy (non-hydrogen) atoms. The molecule has 11 aromatic rings. The highest BCUT2D eigenvalue weighted by Gasteiger charge is 2.50. The van der Waals surface area contributed by atoms with Crippen LogP contribution in [0, 0.1) is 0 Å². The number of rotatable bonds is 8. The van der Waals surface area contributed by atoms with Crippen molar-refractivity contribution in [3.63, 3.8) is 0 Å². The highest BCUT2D eigenvalue weighted by molar-refractivity contribution is 6.07. The van der Waals surface area contributed by atoms with Gasteiger partial charge >= 0.3 is 0 Å². The Morgan fingerprint density at radius 2 is 0.792 bits per heavy atom. The van der Waals surface area contributed by atoms with E-state index in [1.165, 1.54) is 137 Å². The second kappa shape index (κ2) is 17.4. The highest BCUT2D eigenvalue weighted by Crippen LogP contribution is 2.62. The van der Waals surface area contributed by atoms with Gasteiger partial charge in [-0.1, -0.05) is 244 Å². The zero-order chi connectivity index (χ0) is 47.6. The largest absolute Gasteiger partial charge is 0.310 e. The summed E-state index contributed by atoms with van der Waals surface area (Å²) in [4.78, 5) is 2.52. The van der Waals surface area contributed by atoms with Gasteiger partial charge in [-0.3, -0.25) is 0 Å². The summed E-state index contributed by atoms with van der Waals surface area (Å²) >= 11 is 0. The van der Waals surface area contributed by atoms with Crippen LogP contribution in [0.1, 0.15) is 65.8 Å². The Kier molecular flexibility index (Phi) is 10.2. The first-order chi connectivity index (χ1) is 35.7. The molecule has 0 aromatic heterocycles. The van der Waals surface area contributed by atoms with Crippen molar-refractivity contribution in [2.75, 3.05) is 4.90 Å². The summed E-state index contributed by atoms with van der Waals surface area (Å²) in [7, 11) is 0. The molecule has 1 heteroatoms. The van der Waals surface area contributed by atoms with Gasteiger partial charge in [-0.2, -0.15) is 0 Å². The van der Waals surface area contributed by atoms with Crippen molar-refractivity contribution in [3.05, 3.63) is 283 Å². The average Bonchev–Trinajstić information content (AvgIpc) is 3.76. The molecule has 3 aliphatic carbocycles. The molecule has 1 saturated carbocycles. The Balaban J connectivity index is 0.983. The van der Waals surface area contributed by atoms with E-state index in [-0.39, 0.29) is 0 Å². The first-order valence-electron chi connectivity index (χ1n) is 25.9. The summed E-state index contributed by atoms with van der Waals surface area (Å²) in [5, 5.41) is 2.61. The van der Waals surface area contributed by atoms with Gasteiger partial charge in [-0.05, 0) is 149 Å². The molecule has 0 radical (unpaired) electrons. The van der Waals surface area contributed by atoms with Crippen LogP contribution in [-0.2, 0) is 5.41 Å². The van der Waals surface area contributed by atoms with Crippen molar-refractivity contribution in [2.45, 2.75) is 43.4 Å². The number of anilines is 3. The minimum atomic E-state index is -0.543. The topological polar surface area (TPSA) is 3.24 Å². The molecule has 1 atom stereocenters. The first kappa shape index (κ1) is 42.4. The summed E-state index contributed by atoms with van der Waals surface area (Å²) in [5.74, 6) is 0.685. The molecular weight excluding hydrogens is 867 g/mol. The van der Waals surface area contributed by atoms with E-state index in [1.54, 1.807) is 0 Å². The zero-order valence-corrected chi connectivity index (χ0v) is 40.3. The summed E-state index contributed by atoms with van der Waals surface area (Å²) in [5.41, 5.74) is 24.4. The predicted octanol–water partition coefficient (Wildman–Crippen LogP) is 19.4. The van der Waals surface area contributed by atoms with Gasteiger partial charge < -0.3 is 4.90 Å². The number of nitrogens with zero attached hydrogens (tertiary/aromatic N) is 1. The predicted molar refractivity (Wildman–Crippen MR) is 302 cm³/mol. The normalized spacial score (nSPS) is 15.5. The lowest BCUT2D eigenvalue weighted by molar-refractivity contribution is 0.443. The molecule has 11 aromatic carbocycles. The smallest absolute Gasteiger partial charge is 0.0726 e. The van der Waals surface area contributed by atoms with Gasteiger partial charge in [0.25, 0.3) is 0 Å². The maximum Gasteiger partial charge on any atom is 0.0726 e. The molecule has 1 spiro atoms. The van der Waals surface area contributed by atoms with E-state index in [0.29, 0.717) is 5.92 Å². The van der Waals surface area contributed by atoms with E-state index in [2.05, 4.69) is 260 Å². The van der Waals surface area contributed by atoms with Gasteiger partial charge in [-0.25, -0.2) is 0 Å². The Morgan fingerprint density at radius 3 is 1.49 bits per heavy atom. The fourth-order valence-corrected chi connectivity index (χ4v) is 13.1. The lowest BCUT2D eigenvalue weighted by Gasteiger charge is -2.40. The van der Waals surface area contributed by atoms with Gasteiger partial charge in [0.05, 0.1) is 11.1 Å². The van der Waals surface area contributed by atoms with Gasteiger partial charge in [0.2, 0.25) is 0 Å². The number of fused-ring (bicyclic) bond motifs is 9. The van der Waals surface area contributed by atoms with Crippen molar-refractivity contribution in [1.82, 2.24) is 0 Å². The number of hydrogen-bond acceptors (Lipinski definition) is 1. The SMILES string of the molecule is c1ccc(-c2ccccc2-c2ccccc2-c2ccccc2N(c2ccc(-c3ccc(C4CCCCC4)cc3)cc2)c2ccc3c(c2)C2(c4ccccc4-3)c3ccccc3-c3cccc4cccc2c34)cc1. The molecule has 0 bridgehead atoms. The molecule has 1 fully saturated rings. The summed E-state index contributed by atoms with van der Waals surface area (Å²) in [6, 6.07) is 95.8. The van der Waals surface area contributed by atoms with Crippen molar-refractivity contribution >= 4 is 27.8 Å². The Bertz CT molecular complexity index is 3830. The molecule has 14 rings (SSSR count). The van der Waals surface area contributed by atoms with Crippen molar-refractivity contribution in [2.24, 2.45) is 0 Å². The van der Waals surface area contributed by atoms with E-state index in [4.69, 9.17) is 0 Å². The Morgan fingerprint density at radius 1 is 0.306 bits per heavy atom. The molecule has 342 valence electrons. The second-order valence-electron chi connectivity index (χ2n) is 20.1. The fraction of sp³-hybridized carbons (Fsp3) is 0.0986. The lowest BCUT2D eigenvalue weighted by Crippen LogP contribution is -2.32. The molecule has 0 heterocycles. The van der Waals surface area contributed by atoms with Gasteiger partial charge in [-0.15, -0.1) is 0 Å². The van der Waals surface area contributed by atoms with Crippen LogP contribution in [0.4, 0.5) is 17.1 Å².